The Morgan fingerprint density at radius 2 is 1.89 bits per heavy atom. The summed E-state index contributed by atoms with van der Waals surface area (Å²) in [6.07, 6.45) is 4.37. The Morgan fingerprint density at radius 1 is 1.14 bits per heavy atom. The molecule has 3 aromatic rings. The summed E-state index contributed by atoms with van der Waals surface area (Å²) in [7, 11) is -3.50. The number of rotatable bonds is 8. The number of thiophene rings is 1. The third kappa shape index (κ3) is 4.91. The second-order valence-corrected chi connectivity index (χ2v) is 9.58. The molecule has 0 saturated heterocycles. The van der Waals surface area contributed by atoms with Crippen molar-refractivity contribution < 1.29 is 17.6 Å². The molecule has 1 unspecified atom stereocenters. The molecule has 0 spiro atoms. The fourth-order valence-electron chi connectivity index (χ4n) is 2.88. The molecule has 3 rings (SSSR count). The highest BCUT2D eigenvalue weighted by molar-refractivity contribution is 7.90. The molecule has 0 aliphatic heterocycles. The Bertz CT molecular complexity index is 1020. The fraction of sp³-hybridized carbons (Fsp3) is 0.286. The van der Waals surface area contributed by atoms with E-state index in [4.69, 9.17) is 4.42 Å². The number of aryl methyl sites for hydroxylation is 1. The lowest BCUT2D eigenvalue weighted by Gasteiger charge is -2.18. The molecule has 2 aromatic heterocycles. The van der Waals surface area contributed by atoms with Crippen LogP contribution in [0.3, 0.4) is 0 Å². The zero-order valence-electron chi connectivity index (χ0n) is 15.8. The number of amides is 1. The predicted octanol–water partition coefficient (Wildman–Crippen LogP) is 4.61. The number of hydrogen-bond acceptors (Lipinski definition) is 5. The van der Waals surface area contributed by atoms with Crippen LogP contribution in [0.1, 0.15) is 52.4 Å². The first kappa shape index (κ1) is 20.4. The van der Waals surface area contributed by atoms with Crippen molar-refractivity contribution in [2.75, 3.05) is 6.26 Å². The maximum atomic E-state index is 12.7. The Morgan fingerprint density at radius 3 is 2.46 bits per heavy atom. The second-order valence-electron chi connectivity index (χ2n) is 6.66. The topological polar surface area (TPSA) is 76.4 Å². The third-order valence-corrected chi connectivity index (χ3v) is 6.29. The Kier molecular flexibility index (Phi) is 6.36. The van der Waals surface area contributed by atoms with Crippen LogP contribution in [0.25, 0.3) is 0 Å². The highest BCUT2D eigenvalue weighted by Gasteiger charge is 2.22. The van der Waals surface area contributed by atoms with Gasteiger partial charge in [0.15, 0.2) is 5.76 Å². The van der Waals surface area contributed by atoms with E-state index in [9.17, 15) is 13.2 Å². The van der Waals surface area contributed by atoms with Crippen molar-refractivity contribution >= 4 is 27.1 Å². The zero-order valence-corrected chi connectivity index (χ0v) is 17.5. The molecule has 2 heterocycles. The van der Waals surface area contributed by atoms with E-state index in [0.717, 1.165) is 36.0 Å². The molecule has 0 bridgehead atoms. The van der Waals surface area contributed by atoms with E-state index < -0.39 is 15.7 Å². The second kappa shape index (κ2) is 8.75. The molecule has 1 aromatic carbocycles. The molecule has 7 heteroatoms. The van der Waals surface area contributed by atoms with E-state index in [0.29, 0.717) is 0 Å². The summed E-state index contributed by atoms with van der Waals surface area (Å²) in [4.78, 5) is 13.7. The van der Waals surface area contributed by atoms with Crippen molar-refractivity contribution in [1.82, 2.24) is 5.32 Å². The first-order valence-electron chi connectivity index (χ1n) is 9.11. The van der Waals surface area contributed by atoms with Gasteiger partial charge in [0.2, 0.25) is 14.9 Å². The van der Waals surface area contributed by atoms with Crippen LogP contribution in [0, 0.1) is 0 Å². The summed E-state index contributed by atoms with van der Waals surface area (Å²) < 4.78 is 28.4. The van der Waals surface area contributed by atoms with Gasteiger partial charge in [0.25, 0.3) is 5.91 Å². The van der Waals surface area contributed by atoms with Crippen LogP contribution in [-0.4, -0.2) is 20.6 Å². The molecule has 1 N–H and O–H groups in total. The number of hydrogen-bond donors (Lipinski definition) is 1. The minimum absolute atomic E-state index is 0.0263. The standard InChI is InChI=1S/C21H23NO4S2/c1-3-4-6-15-8-10-16(11-9-15)20(18-7-5-14-27-18)22-21(23)17-12-13-19(26-17)28(2,24)25/h5,7-14,20H,3-4,6H2,1-2H3,(H,22,23). The number of carbonyl (C=O) groups excluding carboxylic acids is 1. The summed E-state index contributed by atoms with van der Waals surface area (Å²) in [5.74, 6) is -0.482. The van der Waals surface area contributed by atoms with Gasteiger partial charge in [-0.25, -0.2) is 8.42 Å². The molecule has 28 heavy (non-hydrogen) atoms. The summed E-state index contributed by atoms with van der Waals surface area (Å²) in [5, 5.41) is 4.70. The zero-order chi connectivity index (χ0) is 20.1. The molecule has 148 valence electrons. The Balaban J connectivity index is 1.83. The molecule has 0 aliphatic rings. The van der Waals surface area contributed by atoms with E-state index in [1.54, 1.807) is 11.3 Å². The van der Waals surface area contributed by atoms with Crippen molar-refractivity contribution in [2.24, 2.45) is 0 Å². The molecule has 0 aliphatic carbocycles. The minimum Gasteiger partial charge on any atom is -0.440 e. The first-order chi connectivity index (χ1) is 13.4. The fourth-order valence-corrected chi connectivity index (χ4v) is 4.23. The van der Waals surface area contributed by atoms with Crippen LogP contribution in [0.5, 0.6) is 0 Å². The van der Waals surface area contributed by atoms with Crippen LogP contribution < -0.4 is 5.32 Å². The predicted molar refractivity (Wildman–Crippen MR) is 111 cm³/mol. The lowest BCUT2D eigenvalue weighted by Crippen LogP contribution is -2.28. The monoisotopic (exact) mass is 417 g/mol. The van der Waals surface area contributed by atoms with Gasteiger partial charge in [0.05, 0.1) is 6.04 Å². The molecule has 0 fully saturated rings. The first-order valence-corrected chi connectivity index (χ1v) is 11.9. The maximum absolute atomic E-state index is 12.7. The van der Waals surface area contributed by atoms with Crippen molar-refractivity contribution in [3.63, 3.8) is 0 Å². The van der Waals surface area contributed by atoms with E-state index >= 15 is 0 Å². The van der Waals surface area contributed by atoms with Gasteiger partial charge in [-0.05, 0) is 47.5 Å². The van der Waals surface area contributed by atoms with Gasteiger partial charge in [-0.2, -0.15) is 0 Å². The summed E-state index contributed by atoms with van der Waals surface area (Å²) in [6, 6.07) is 14.5. The minimum atomic E-state index is -3.50. The van der Waals surface area contributed by atoms with Gasteiger partial charge in [0, 0.05) is 11.1 Å². The number of carbonyl (C=O) groups is 1. The van der Waals surface area contributed by atoms with Crippen molar-refractivity contribution in [2.45, 2.75) is 37.3 Å². The van der Waals surface area contributed by atoms with Gasteiger partial charge in [-0.3, -0.25) is 4.79 Å². The lowest BCUT2D eigenvalue weighted by atomic mass is 10.0. The van der Waals surface area contributed by atoms with E-state index in [2.05, 4.69) is 24.4 Å². The molecule has 1 amide bonds. The van der Waals surface area contributed by atoms with Gasteiger partial charge >= 0.3 is 0 Å². The Labute approximate surface area is 169 Å². The third-order valence-electron chi connectivity index (χ3n) is 4.41. The largest absolute Gasteiger partial charge is 0.440 e. The van der Waals surface area contributed by atoms with Crippen LogP contribution >= 0.6 is 11.3 Å². The highest BCUT2D eigenvalue weighted by Crippen LogP contribution is 2.27. The van der Waals surface area contributed by atoms with Crippen LogP contribution in [-0.2, 0) is 16.3 Å². The molecular weight excluding hydrogens is 394 g/mol. The summed E-state index contributed by atoms with van der Waals surface area (Å²) in [6.45, 7) is 2.17. The maximum Gasteiger partial charge on any atom is 0.287 e. The number of unbranched alkanes of at least 4 members (excludes halogenated alkanes) is 1. The van der Waals surface area contributed by atoms with Gasteiger partial charge in [0.1, 0.15) is 0 Å². The molecule has 0 radical (unpaired) electrons. The number of benzene rings is 1. The molecular formula is C21H23NO4S2. The number of sulfone groups is 1. The molecule has 5 nitrogen and oxygen atoms in total. The van der Waals surface area contributed by atoms with Crippen LogP contribution in [0.4, 0.5) is 0 Å². The average molecular weight is 418 g/mol. The van der Waals surface area contributed by atoms with Gasteiger partial charge in [-0.1, -0.05) is 43.7 Å². The van der Waals surface area contributed by atoms with Crippen molar-refractivity contribution in [3.8, 4) is 0 Å². The van der Waals surface area contributed by atoms with E-state index in [1.807, 2.05) is 29.6 Å². The quantitative estimate of drug-likeness (QED) is 0.581. The molecule has 0 saturated carbocycles. The molecule has 1 atom stereocenters. The van der Waals surface area contributed by atoms with E-state index in [1.165, 1.54) is 17.7 Å². The normalized spacial score (nSPS) is 12.6. The number of furan rings is 1. The van der Waals surface area contributed by atoms with Gasteiger partial charge in [-0.15, -0.1) is 11.3 Å². The van der Waals surface area contributed by atoms with Gasteiger partial charge < -0.3 is 9.73 Å². The number of nitrogens with one attached hydrogen (secondary N) is 1. The smallest absolute Gasteiger partial charge is 0.287 e. The highest BCUT2D eigenvalue weighted by atomic mass is 32.2. The summed E-state index contributed by atoms with van der Waals surface area (Å²) in [5.41, 5.74) is 2.23. The van der Waals surface area contributed by atoms with Crippen LogP contribution in [0.15, 0.2) is 63.4 Å². The Hall–Kier alpha value is -2.38. The van der Waals surface area contributed by atoms with E-state index in [-0.39, 0.29) is 16.9 Å². The van der Waals surface area contributed by atoms with Crippen molar-refractivity contribution in [1.29, 1.82) is 0 Å². The summed E-state index contributed by atoms with van der Waals surface area (Å²) >= 11 is 1.55. The average Bonchev–Trinajstić information content (AvgIpc) is 3.36. The SMILES string of the molecule is CCCCc1ccc(C(NC(=O)c2ccc(S(C)(=O)=O)o2)c2cccs2)cc1. The van der Waals surface area contributed by atoms with Crippen molar-refractivity contribution in [3.05, 3.63) is 75.7 Å². The van der Waals surface area contributed by atoms with Crippen LogP contribution in [0.2, 0.25) is 0 Å². The lowest BCUT2D eigenvalue weighted by molar-refractivity contribution is 0.0910.